The molecular formula is C23H21N3O3. The summed E-state index contributed by atoms with van der Waals surface area (Å²) in [6, 6.07) is 17.3. The van der Waals surface area contributed by atoms with Gasteiger partial charge >= 0.3 is 0 Å². The van der Waals surface area contributed by atoms with E-state index in [-0.39, 0.29) is 18.2 Å². The number of amides is 2. The van der Waals surface area contributed by atoms with Crippen LogP contribution >= 0.6 is 0 Å². The van der Waals surface area contributed by atoms with Gasteiger partial charge in [0.25, 0.3) is 11.8 Å². The number of imide groups is 1. The van der Waals surface area contributed by atoms with Gasteiger partial charge in [0.1, 0.15) is 5.70 Å². The number of aliphatic hydroxyl groups is 1. The molecule has 3 N–H and O–H groups in total. The van der Waals surface area contributed by atoms with Crippen LogP contribution in [-0.4, -0.2) is 28.1 Å². The van der Waals surface area contributed by atoms with E-state index in [9.17, 15) is 14.7 Å². The van der Waals surface area contributed by atoms with Crippen molar-refractivity contribution in [1.29, 1.82) is 0 Å². The van der Waals surface area contributed by atoms with Crippen molar-refractivity contribution in [3.63, 3.8) is 0 Å². The van der Waals surface area contributed by atoms with Crippen molar-refractivity contribution in [2.24, 2.45) is 5.92 Å². The Hall–Kier alpha value is -3.38. The van der Waals surface area contributed by atoms with Crippen LogP contribution in [0.2, 0.25) is 0 Å². The normalized spacial score (nSPS) is 18.9. The molecule has 3 heterocycles. The Morgan fingerprint density at radius 1 is 1.03 bits per heavy atom. The van der Waals surface area contributed by atoms with Crippen LogP contribution in [-0.2, 0) is 22.6 Å². The van der Waals surface area contributed by atoms with E-state index in [4.69, 9.17) is 0 Å². The third kappa shape index (κ3) is 2.84. The number of hydrogen-bond donors (Lipinski definition) is 3. The highest BCUT2D eigenvalue weighted by atomic mass is 16.3. The number of rotatable bonds is 4. The second-order valence-electron chi connectivity index (χ2n) is 7.56. The summed E-state index contributed by atoms with van der Waals surface area (Å²) in [5.41, 5.74) is 4.24. The lowest BCUT2D eigenvalue weighted by Gasteiger charge is -2.24. The van der Waals surface area contributed by atoms with Gasteiger partial charge in [0, 0.05) is 41.0 Å². The van der Waals surface area contributed by atoms with E-state index >= 15 is 0 Å². The zero-order valence-electron chi connectivity index (χ0n) is 15.8. The van der Waals surface area contributed by atoms with Crippen molar-refractivity contribution in [2.45, 2.75) is 19.4 Å². The highest BCUT2D eigenvalue weighted by Gasteiger charge is 2.36. The van der Waals surface area contributed by atoms with E-state index in [0.29, 0.717) is 12.0 Å². The number of para-hydroxylation sites is 2. The molecule has 2 aliphatic heterocycles. The van der Waals surface area contributed by atoms with E-state index in [1.54, 1.807) is 0 Å². The molecule has 6 nitrogen and oxygen atoms in total. The molecule has 2 aromatic carbocycles. The highest BCUT2D eigenvalue weighted by Crippen LogP contribution is 2.39. The lowest BCUT2D eigenvalue weighted by molar-refractivity contribution is -0.123. The molecule has 0 saturated carbocycles. The average molecular weight is 387 g/mol. The van der Waals surface area contributed by atoms with Crippen molar-refractivity contribution in [3.8, 4) is 0 Å². The van der Waals surface area contributed by atoms with Gasteiger partial charge in [0.15, 0.2) is 0 Å². The second kappa shape index (κ2) is 6.90. The Morgan fingerprint density at radius 2 is 1.79 bits per heavy atom. The van der Waals surface area contributed by atoms with Gasteiger partial charge in [-0.05, 0) is 37.0 Å². The minimum absolute atomic E-state index is 0.111. The van der Waals surface area contributed by atoms with E-state index < -0.39 is 11.8 Å². The summed E-state index contributed by atoms with van der Waals surface area (Å²) in [5, 5.41) is 16.3. The number of carbonyl (C=O) groups excluding carboxylic acids is 2. The molecule has 0 fully saturated rings. The molecule has 146 valence electrons. The summed E-state index contributed by atoms with van der Waals surface area (Å²) in [6.07, 6.45) is 1.56. The molecule has 0 saturated heterocycles. The Morgan fingerprint density at radius 3 is 2.59 bits per heavy atom. The molecule has 1 aromatic heterocycles. The molecular weight excluding hydrogens is 366 g/mol. The van der Waals surface area contributed by atoms with Crippen LogP contribution in [0.15, 0.2) is 60.3 Å². The van der Waals surface area contributed by atoms with Gasteiger partial charge in [-0.2, -0.15) is 0 Å². The van der Waals surface area contributed by atoms with Crippen LogP contribution in [0.25, 0.3) is 16.5 Å². The van der Waals surface area contributed by atoms with Crippen molar-refractivity contribution in [3.05, 3.63) is 71.6 Å². The monoisotopic (exact) mass is 387 g/mol. The number of anilines is 1. The van der Waals surface area contributed by atoms with Gasteiger partial charge in [-0.25, -0.2) is 0 Å². The first-order valence-corrected chi connectivity index (χ1v) is 9.80. The predicted octanol–water partition coefficient (Wildman–Crippen LogP) is 2.68. The van der Waals surface area contributed by atoms with Crippen molar-refractivity contribution >= 4 is 34.0 Å². The summed E-state index contributed by atoms with van der Waals surface area (Å²) >= 11 is 0. The number of aryl methyl sites for hydroxylation is 1. The van der Waals surface area contributed by atoms with Gasteiger partial charge in [0.2, 0.25) is 0 Å². The molecule has 0 spiro atoms. The van der Waals surface area contributed by atoms with Crippen LogP contribution < -0.4 is 10.6 Å². The van der Waals surface area contributed by atoms with Crippen molar-refractivity contribution in [1.82, 2.24) is 9.88 Å². The summed E-state index contributed by atoms with van der Waals surface area (Å²) in [5.74, 6) is -0.664. The third-order valence-corrected chi connectivity index (χ3v) is 5.80. The van der Waals surface area contributed by atoms with Crippen LogP contribution in [0, 0.1) is 5.92 Å². The summed E-state index contributed by atoms with van der Waals surface area (Å²) < 4.78 is 2.22. The molecule has 29 heavy (non-hydrogen) atoms. The van der Waals surface area contributed by atoms with Gasteiger partial charge in [0.05, 0.1) is 5.57 Å². The SMILES string of the molecule is O=C1NC(=O)C(c2c3n(c4ccccc24)CC[C@H](CO)C3)=C1Nc1ccccc1. The molecule has 0 aliphatic carbocycles. The standard InChI is InChI=1S/C23H21N3O3/c27-13-14-10-11-26-17-9-5-4-8-16(17)19(18(26)12-14)20-21(23(29)25-22(20)28)24-15-6-2-1-3-7-15/h1-9,14,27H,10-13H2,(H2,24,25,28,29)/t14-/m0/s1. The molecule has 1 atom stereocenters. The molecule has 0 radical (unpaired) electrons. The molecule has 3 aromatic rings. The number of carbonyl (C=O) groups is 2. The maximum Gasteiger partial charge on any atom is 0.275 e. The smallest absolute Gasteiger partial charge is 0.275 e. The number of hydrogen-bond acceptors (Lipinski definition) is 4. The molecule has 5 rings (SSSR count). The number of aliphatic hydroxyl groups excluding tert-OH is 1. The van der Waals surface area contributed by atoms with E-state index in [0.717, 1.165) is 40.8 Å². The molecule has 0 unspecified atom stereocenters. The highest BCUT2D eigenvalue weighted by molar-refractivity contribution is 6.38. The molecule has 0 bridgehead atoms. The summed E-state index contributed by atoms with van der Waals surface area (Å²) in [4.78, 5) is 25.5. The zero-order valence-corrected chi connectivity index (χ0v) is 15.8. The summed E-state index contributed by atoms with van der Waals surface area (Å²) in [6.45, 7) is 0.894. The largest absolute Gasteiger partial charge is 0.396 e. The van der Waals surface area contributed by atoms with Crippen LogP contribution in [0.3, 0.4) is 0 Å². The zero-order chi connectivity index (χ0) is 20.0. The first-order valence-electron chi connectivity index (χ1n) is 9.80. The Labute approximate surface area is 167 Å². The first-order chi connectivity index (χ1) is 14.2. The predicted molar refractivity (Wildman–Crippen MR) is 111 cm³/mol. The van der Waals surface area contributed by atoms with Gasteiger partial charge in [-0.15, -0.1) is 0 Å². The molecule has 2 aliphatic rings. The van der Waals surface area contributed by atoms with E-state index in [1.165, 1.54) is 0 Å². The van der Waals surface area contributed by atoms with E-state index in [2.05, 4.69) is 15.2 Å². The average Bonchev–Trinajstić information content (AvgIpc) is 3.21. The van der Waals surface area contributed by atoms with E-state index in [1.807, 2.05) is 54.6 Å². The number of nitrogens with zero attached hydrogens (tertiary/aromatic N) is 1. The van der Waals surface area contributed by atoms with Crippen molar-refractivity contribution < 1.29 is 14.7 Å². The fraction of sp³-hybridized carbons (Fsp3) is 0.217. The maximum absolute atomic E-state index is 12.9. The Kier molecular flexibility index (Phi) is 4.21. The lowest BCUT2D eigenvalue weighted by atomic mass is 9.92. The van der Waals surface area contributed by atoms with Gasteiger partial charge in [-0.1, -0.05) is 36.4 Å². The van der Waals surface area contributed by atoms with Crippen molar-refractivity contribution in [2.75, 3.05) is 11.9 Å². The number of nitrogens with one attached hydrogen (secondary N) is 2. The fourth-order valence-electron chi connectivity index (χ4n) is 4.42. The lowest BCUT2D eigenvalue weighted by Crippen LogP contribution is -2.25. The number of fused-ring (bicyclic) bond motifs is 3. The minimum Gasteiger partial charge on any atom is -0.396 e. The van der Waals surface area contributed by atoms with Gasteiger partial charge in [-0.3, -0.25) is 14.9 Å². The second-order valence-corrected chi connectivity index (χ2v) is 7.56. The molecule has 6 heteroatoms. The quantitative estimate of drug-likeness (QED) is 0.601. The number of aromatic nitrogens is 1. The fourth-order valence-corrected chi connectivity index (χ4v) is 4.42. The van der Waals surface area contributed by atoms with Crippen LogP contribution in [0.5, 0.6) is 0 Å². The van der Waals surface area contributed by atoms with Crippen LogP contribution in [0.4, 0.5) is 5.69 Å². The first kappa shape index (κ1) is 17.7. The Balaban J connectivity index is 1.75. The number of benzene rings is 2. The molecule has 2 amide bonds. The maximum atomic E-state index is 12.9. The van der Waals surface area contributed by atoms with Crippen LogP contribution in [0.1, 0.15) is 17.7 Å². The third-order valence-electron chi connectivity index (χ3n) is 5.80. The summed E-state index contributed by atoms with van der Waals surface area (Å²) in [7, 11) is 0. The minimum atomic E-state index is -0.424. The topological polar surface area (TPSA) is 83.4 Å². The van der Waals surface area contributed by atoms with Gasteiger partial charge < -0.3 is 15.0 Å². The Bertz CT molecular complexity index is 1160.